The predicted molar refractivity (Wildman–Crippen MR) is 162 cm³/mol. The smallest absolute Gasteiger partial charge is 0.265 e. The Kier molecular flexibility index (Phi) is 8.57. The number of ether oxygens (including phenoxy) is 1. The third-order valence-corrected chi connectivity index (χ3v) is 9.19. The molecule has 4 N–H and O–H groups in total. The van der Waals surface area contributed by atoms with Gasteiger partial charge in [-0.2, -0.15) is 0 Å². The van der Waals surface area contributed by atoms with E-state index in [0.29, 0.717) is 41.2 Å². The molecule has 15 heteroatoms. The predicted octanol–water partition coefficient (Wildman–Crippen LogP) is 4.62. The molecule has 3 aromatic heterocycles. The first kappa shape index (κ1) is 30.7. The largest absolute Gasteiger partial charge is 0.494 e. The number of hydrogen-bond acceptors (Lipinski definition) is 10. The number of anilines is 2. The van der Waals surface area contributed by atoms with Crippen molar-refractivity contribution in [1.82, 2.24) is 29.8 Å². The van der Waals surface area contributed by atoms with Gasteiger partial charge in [0.15, 0.2) is 23.0 Å². The first-order valence-corrected chi connectivity index (χ1v) is 15.0. The maximum Gasteiger partial charge on any atom is 0.265 e. The Morgan fingerprint density at radius 3 is 2.69 bits per heavy atom. The Bertz CT molecular complexity index is 1800. The average molecular weight is 643 g/mol. The van der Waals surface area contributed by atoms with Gasteiger partial charge in [-0.15, -0.1) is 0 Å². The molecular weight excluding hydrogens is 612 g/mol. The van der Waals surface area contributed by atoms with E-state index in [4.69, 9.17) is 15.5 Å². The number of halogens is 4. The quantitative estimate of drug-likeness (QED) is 0.187. The number of thiazole rings is 1. The number of nitrogen functional groups attached to an aromatic ring is 1. The van der Waals surface area contributed by atoms with Crippen molar-refractivity contribution in [3.63, 3.8) is 0 Å². The Morgan fingerprint density at radius 2 is 1.93 bits per heavy atom. The van der Waals surface area contributed by atoms with E-state index >= 15 is 4.39 Å². The van der Waals surface area contributed by atoms with E-state index in [1.165, 1.54) is 19.8 Å². The van der Waals surface area contributed by atoms with Crippen molar-refractivity contribution in [3.05, 3.63) is 78.0 Å². The molecule has 0 unspecified atom stereocenters. The molecule has 2 aromatic carbocycles. The molecule has 1 saturated heterocycles. The number of nitrogens with zero attached hydrogens (tertiary/aromatic N) is 6. The SMILES string of the molecule is COc1cc(F)c(-c2nc(Cn3cnc4c(N)ncnc43)c(N3CCC[C@](NCc4ccccc4)([C@H](O)C(F)F)C3)s2)cc1F. The lowest BCUT2D eigenvalue weighted by atomic mass is 9.83. The number of methoxy groups -OCH3 is 1. The second-order valence-corrected chi connectivity index (χ2v) is 11.8. The minimum absolute atomic E-state index is 0.0131. The lowest BCUT2D eigenvalue weighted by Gasteiger charge is -2.46. The van der Waals surface area contributed by atoms with Crippen molar-refractivity contribution in [2.75, 3.05) is 30.8 Å². The summed E-state index contributed by atoms with van der Waals surface area (Å²) in [4.78, 5) is 19.1. The Balaban J connectivity index is 1.41. The first-order valence-electron chi connectivity index (χ1n) is 14.1. The fourth-order valence-electron chi connectivity index (χ4n) is 5.70. The summed E-state index contributed by atoms with van der Waals surface area (Å²) in [6, 6.07) is 11.3. The van der Waals surface area contributed by atoms with Crippen LogP contribution in [0.15, 0.2) is 55.1 Å². The van der Waals surface area contributed by atoms with Crippen molar-refractivity contribution in [1.29, 1.82) is 0 Å². The van der Waals surface area contributed by atoms with Gasteiger partial charge in [0.05, 0.1) is 31.2 Å². The molecule has 236 valence electrons. The van der Waals surface area contributed by atoms with E-state index in [-0.39, 0.29) is 41.8 Å². The van der Waals surface area contributed by atoms with Crippen molar-refractivity contribution < 1.29 is 27.4 Å². The van der Waals surface area contributed by atoms with Crippen molar-refractivity contribution in [3.8, 4) is 16.3 Å². The number of aromatic nitrogens is 5. The van der Waals surface area contributed by atoms with Crippen LogP contribution in [0.25, 0.3) is 21.7 Å². The molecule has 4 heterocycles. The number of benzene rings is 2. The lowest BCUT2D eigenvalue weighted by molar-refractivity contribution is -0.0657. The van der Waals surface area contributed by atoms with E-state index in [0.717, 1.165) is 29.0 Å². The van der Waals surface area contributed by atoms with Gasteiger partial charge in [0.1, 0.15) is 33.8 Å². The van der Waals surface area contributed by atoms with E-state index in [9.17, 15) is 18.3 Å². The number of piperidine rings is 1. The monoisotopic (exact) mass is 642 g/mol. The van der Waals surface area contributed by atoms with Gasteiger partial charge in [0.2, 0.25) is 0 Å². The van der Waals surface area contributed by atoms with E-state index in [1.807, 2.05) is 35.2 Å². The number of hydrogen-bond donors (Lipinski definition) is 3. The van der Waals surface area contributed by atoms with E-state index < -0.39 is 29.7 Å². The summed E-state index contributed by atoms with van der Waals surface area (Å²) in [5.41, 5.74) is 6.68. The zero-order valence-corrected chi connectivity index (χ0v) is 24.9. The molecule has 0 amide bonds. The molecule has 0 bridgehead atoms. The second-order valence-electron chi connectivity index (χ2n) is 10.8. The maximum absolute atomic E-state index is 15.2. The van der Waals surface area contributed by atoms with Crippen LogP contribution < -0.4 is 20.7 Å². The molecule has 0 radical (unpaired) electrons. The summed E-state index contributed by atoms with van der Waals surface area (Å²) in [6.45, 7) is 0.840. The topological polar surface area (TPSA) is 127 Å². The van der Waals surface area contributed by atoms with Crippen LogP contribution in [0.5, 0.6) is 5.75 Å². The van der Waals surface area contributed by atoms with Gasteiger partial charge in [-0.3, -0.25) is 0 Å². The van der Waals surface area contributed by atoms with Gasteiger partial charge in [0.25, 0.3) is 6.43 Å². The highest BCUT2D eigenvalue weighted by atomic mass is 32.1. The van der Waals surface area contributed by atoms with Crippen molar-refractivity contribution >= 4 is 33.3 Å². The number of nitrogens with one attached hydrogen (secondary N) is 1. The highest BCUT2D eigenvalue weighted by Crippen LogP contribution is 2.41. The number of alkyl halides is 2. The zero-order valence-electron chi connectivity index (χ0n) is 24.1. The van der Waals surface area contributed by atoms with Crippen LogP contribution in [-0.4, -0.2) is 67.9 Å². The lowest BCUT2D eigenvalue weighted by Crippen LogP contribution is -2.65. The normalized spacial score (nSPS) is 17.7. The Hall–Kier alpha value is -4.34. The number of rotatable bonds is 10. The van der Waals surface area contributed by atoms with E-state index in [1.54, 1.807) is 4.57 Å². The summed E-state index contributed by atoms with van der Waals surface area (Å²) < 4.78 is 64.9. The number of aliphatic hydroxyl groups is 1. The molecule has 5 aromatic rings. The fourth-order valence-corrected chi connectivity index (χ4v) is 6.81. The molecule has 2 atom stereocenters. The Labute approximate surface area is 259 Å². The highest BCUT2D eigenvalue weighted by molar-refractivity contribution is 7.19. The summed E-state index contributed by atoms with van der Waals surface area (Å²) >= 11 is 1.10. The van der Waals surface area contributed by atoms with Crippen LogP contribution in [0, 0.1) is 11.6 Å². The van der Waals surface area contributed by atoms with Gasteiger partial charge in [-0.05, 0) is 24.5 Å². The molecule has 0 aliphatic carbocycles. The van der Waals surface area contributed by atoms with Crippen molar-refractivity contribution in [2.24, 2.45) is 0 Å². The molecule has 1 fully saturated rings. The molecule has 0 spiro atoms. The minimum atomic E-state index is -3.00. The molecule has 1 aliphatic heterocycles. The number of aliphatic hydroxyl groups excluding tert-OH is 1. The molecule has 1 aliphatic rings. The van der Waals surface area contributed by atoms with E-state index in [2.05, 4.69) is 20.3 Å². The van der Waals surface area contributed by atoms with Gasteiger partial charge in [0, 0.05) is 31.3 Å². The van der Waals surface area contributed by atoms with Crippen LogP contribution >= 0.6 is 11.3 Å². The number of imidazole rings is 1. The summed E-state index contributed by atoms with van der Waals surface area (Å²) in [5, 5.41) is 14.8. The third kappa shape index (κ3) is 6.02. The van der Waals surface area contributed by atoms with Crippen LogP contribution in [0.3, 0.4) is 0 Å². The first-order chi connectivity index (χ1) is 21.7. The van der Waals surface area contributed by atoms with Gasteiger partial charge in [-0.1, -0.05) is 41.7 Å². The second kappa shape index (κ2) is 12.6. The molecule has 10 nitrogen and oxygen atoms in total. The molecular formula is C30H30F4N8O2S. The van der Waals surface area contributed by atoms with Gasteiger partial charge < -0.3 is 30.4 Å². The maximum atomic E-state index is 15.2. The molecule has 45 heavy (non-hydrogen) atoms. The zero-order chi connectivity index (χ0) is 31.7. The van der Waals surface area contributed by atoms with Crippen LogP contribution in [0.2, 0.25) is 0 Å². The summed E-state index contributed by atoms with van der Waals surface area (Å²) in [7, 11) is 1.24. The van der Waals surface area contributed by atoms with Crippen molar-refractivity contribution in [2.45, 2.75) is 44.0 Å². The highest BCUT2D eigenvalue weighted by Gasteiger charge is 2.46. The number of nitrogens with two attached hydrogens (primary N) is 1. The summed E-state index contributed by atoms with van der Waals surface area (Å²) in [5.74, 6) is -1.55. The standard InChI is InChI=1S/C30H30F4N8O2S/c1-44-22-11-19(31)18(10-20(22)32)28-40-21(13-42-16-38-23-26(35)36-15-37-27(23)42)29(45-28)41-9-5-8-30(14-41,24(43)25(33)34)39-12-17-6-3-2-4-7-17/h2-4,6-7,10-11,15-16,24-25,39,43H,5,8-9,12-14H2,1H3,(H2,35,36,37)/t24-,30-/m1/s1. The van der Waals surface area contributed by atoms with Crippen LogP contribution in [-0.2, 0) is 13.1 Å². The van der Waals surface area contributed by atoms with Gasteiger partial charge in [-0.25, -0.2) is 37.5 Å². The molecule has 6 rings (SSSR count). The summed E-state index contributed by atoms with van der Waals surface area (Å²) in [6.07, 6.45) is -1.37. The fraction of sp³-hybridized carbons (Fsp3) is 0.333. The Morgan fingerprint density at radius 1 is 1.13 bits per heavy atom. The number of fused-ring (bicyclic) bond motifs is 1. The van der Waals surface area contributed by atoms with Crippen LogP contribution in [0.4, 0.5) is 28.4 Å². The average Bonchev–Trinajstić information content (AvgIpc) is 3.66. The van der Waals surface area contributed by atoms with Gasteiger partial charge >= 0.3 is 0 Å². The molecule has 0 saturated carbocycles. The third-order valence-electron chi connectivity index (χ3n) is 8.00. The minimum Gasteiger partial charge on any atom is -0.494 e. The van der Waals surface area contributed by atoms with Crippen LogP contribution in [0.1, 0.15) is 24.1 Å².